The Balaban J connectivity index is 3.55. The minimum Gasteiger partial charge on any atom is -0.388 e. The van der Waals surface area contributed by atoms with E-state index in [0.29, 0.717) is 5.38 Å². The van der Waals surface area contributed by atoms with Crippen molar-refractivity contribution in [3.8, 4) is 0 Å². The van der Waals surface area contributed by atoms with Crippen LogP contribution < -0.4 is 0 Å². The van der Waals surface area contributed by atoms with Gasteiger partial charge in [0.2, 0.25) is 0 Å². The molecule has 2 atom stereocenters. The van der Waals surface area contributed by atoms with Crippen molar-refractivity contribution in [2.75, 3.05) is 27.2 Å². The van der Waals surface area contributed by atoms with Crippen LogP contribution in [-0.2, 0) is 0 Å². The molecule has 0 bridgehead atoms. The van der Waals surface area contributed by atoms with Gasteiger partial charge in [-0.3, -0.25) is 0 Å². The fourth-order valence-electron chi connectivity index (χ4n) is 2.59. The Morgan fingerprint density at radius 1 is 1.00 bits per heavy atom. The molecule has 0 fully saturated rings. The number of quaternary nitrogens is 1. The molecule has 2 nitrogen and oxygen atoms in total. The van der Waals surface area contributed by atoms with Crippen LogP contribution in [0.25, 0.3) is 0 Å². The van der Waals surface area contributed by atoms with E-state index >= 15 is 0 Å². The number of aliphatic hydroxyl groups excluding tert-OH is 1. The number of unbranched alkanes of at least 4 members (excludes halogenated alkanes) is 5. The second-order valence-electron chi connectivity index (χ2n) is 6.63. The summed E-state index contributed by atoms with van der Waals surface area (Å²) >= 11 is 6.39. The molecule has 19 heavy (non-hydrogen) atoms. The van der Waals surface area contributed by atoms with Gasteiger partial charge in [-0.05, 0) is 13.3 Å². The Labute approximate surface area is 125 Å². The van der Waals surface area contributed by atoms with E-state index in [2.05, 4.69) is 21.0 Å². The molecule has 0 aromatic carbocycles. The normalized spacial score (nSPS) is 15.5. The first kappa shape index (κ1) is 19.2. The summed E-state index contributed by atoms with van der Waals surface area (Å²) in [4.78, 5) is 0. The maximum absolute atomic E-state index is 9.45. The number of rotatable bonds is 12. The highest BCUT2D eigenvalue weighted by Gasteiger charge is 2.19. The molecule has 0 amide bonds. The van der Waals surface area contributed by atoms with Gasteiger partial charge in [0.1, 0.15) is 12.6 Å². The molecule has 0 aliphatic rings. The van der Waals surface area contributed by atoms with Crippen LogP contribution >= 0.6 is 11.6 Å². The SMILES string of the molecule is CCCCCCCCC(Cl)CC[N+](C)(C)CC(C)O. The molecular weight excluding hydrogens is 258 g/mol. The fourth-order valence-corrected chi connectivity index (χ4v) is 2.84. The molecule has 0 heterocycles. The smallest absolute Gasteiger partial charge is 0.104 e. The van der Waals surface area contributed by atoms with Gasteiger partial charge in [0, 0.05) is 11.8 Å². The van der Waals surface area contributed by atoms with Crippen LogP contribution in [0.15, 0.2) is 0 Å². The Morgan fingerprint density at radius 3 is 2.16 bits per heavy atom. The van der Waals surface area contributed by atoms with Crippen LogP contribution in [0.5, 0.6) is 0 Å². The molecule has 0 aromatic heterocycles. The zero-order chi connectivity index (χ0) is 14.7. The highest BCUT2D eigenvalue weighted by Crippen LogP contribution is 2.16. The summed E-state index contributed by atoms with van der Waals surface area (Å²) in [6.07, 6.45) is 9.98. The molecule has 0 aliphatic carbocycles. The molecule has 2 unspecified atom stereocenters. The second kappa shape index (κ2) is 10.9. The van der Waals surface area contributed by atoms with Crippen LogP contribution in [-0.4, -0.2) is 48.3 Å². The largest absolute Gasteiger partial charge is 0.388 e. The zero-order valence-corrected chi connectivity index (χ0v) is 14.3. The minimum absolute atomic E-state index is 0.234. The number of aliphatic hydroxyl groups is 1. The van der Waals surface area contributed by atoms with E-state index in [-0.39, 0.29) is 6.10 Å². The number of hydrogen-bond donors (Lipinski definition) is 1. The van der Waals surface area contributed by atoms with E-state index in [1.807, 2.05) is 6.92 Å². The van der Waals surface area contributed by atoms with E-state index in [9.17, 15) is 5.11 Å². The lowest BCUT2D eigenvalue weighted by Gasteiger charge is -2.31. The zero-order valence-electron chi connectivity index (χ0n) is 13.5. The molecule has 1 N–H and O–H groups in total. The van der Waals surface area contributed by atoms with Gasteiger partial charge in [0.05, 0.1) is 20.6 Å². The maximum atomic E-state index is 9.45. The van der Waals surface area contributed by atoms with Gasteiger partial charge in [0.15, 0.2) is 0 Å². The van der Waals surface area contributed by atoms with Crippen molar-refractivity contribution in [2.24, 2.45) is 0 Å². The van der Waals surface area contributed by atoms with Gasteiger partial charge in [-0.1, -0.05) is 45.4 Å². The molecule has 0 saturated heterocycles. The monoisotopic (exact) mass is 292 g/mol. The molecule has 0 saturated carbocycles. The average molecular weight is 293 g/mol. The Morgan fingerprint density at radius 2 is 1.58 bits per heavy atom. The van der Waals surface area contributed by atoms with Crippen LogP contribution in [0.4, 0.5) is 0 Å². The van der Waals surface area contributed by atoms with Gasteiger partial charge in [-0.15, -0.1) is 11.6 Å². The van der Waals surface area contributed by atoms with Crippen molar-refractivity contribution in [3.05, 3.63) is 0 Å². The lowest BCUT2D eigenvalue weighted by atomic mass is 10.1. The summed E-state index contributed by atoms with van der Waals surface area (Å²) in [5, 5.41) is 9.75. The van der Waals surface area contributed by atoms with E-state index < -0.39 is 0 Å². The topological polar surface area (TPSA) is 20.2 Å². The summed E-state index contributed by atoms with van der Waals surface area (Å²) in [5.74, 6) is 0. The summed E-state index contributed by atoms with van der Waals surface area (Å²) < 4.78 is 0.859. The van der Waals surface area contributed by atoms with Gasteiger partial charge in [0.25, 0.3) is 0 Å². The van der Waals surface area contributed by atoms with E-state index in [1.165, 1.54) is 38.5 Å². The average Bonchev–Trinajstić information content (AvgIpc) is 2.29. The Hall–Kier alpha value is 0.210. The minimum atomic E-state index is -0.234. The van der Waals surface area contributed by atoms with Gasteiger partial charge >= 0.3 is 0 Å². The first-order chi connectivity index (χ1) is 8.87. The van der Waals surface area contributed by atoms with Crippen molar-refractivity contribution in [3.63, 3.8) is 0 Å². The summed E-state index contributed by atoms with van der Waals surface area (Å²) in [6.45, 7) is 5.96. The van der Waals surface area contributed by atoms with E-state index in [0.717, 1.165) is 30.4 Å². The second-order valence-corrected chi connectivity index (χ2v) is 7.25. The number of alkyl halides is 1. The lowest BCUT2D eigenvalue weighted by Crippen LogP contribution is -2.45. The Kier molecular flexibility index (Phi) is 11.1. The van der Waals surface area contributed by atoms with Crippen LogP contribution in [0.3, 0.4) is 0 Å². The predicted octanol–water partition coefficient (Wildman–Crippen LogP) is 4.19. The van der Waals surface area contributed by atoms with E-state index in [1.54, 1.807) is 0 Å². The quantitative estimate of drug-likeness (QED) is 0.325. The molecule has 0 aromatic rings. The maximum Gasteiger partial charge on any atom is 0.104 e. The number of halogens is 1. The summed E-state index contributed by atoms with van der Waals surface area (Å²) in [5.41, 5.74) is 0. The third-order valence-corrected chi connectivity index (χ3v) is 4.11. The Bertz CT molecular complexity index is 207. The molecule has 116 valence electrons. The highest BCUT2D eigenvalue weighted by molar-refractivity contribution is 6.20. The van der Waals surface area contributed by atoms with Crippen molar-refractivity contribution < 1.29 is 9.59 Å². The first-order valence-electron chi connectivity index (χ1n) is 8.01. The van der Waals surface area contributed by atoms with Crippen LogP contribution in [0.2, 0.25) is 0 Å². The van der Waals surface area contributed by atoms with Crippen molar-refractivity contribution in [1.82, 2.24) is 0 Å². The number of nitrogens with zero attached hydrogens (tertiary/aromatic N) is 1. The van der Waals surface area contributed by atoms with Gasteiger partial charge in [-0.2, -0.15) is 0 Å². The van der Waals surface area contributed by atoms with Crippen LogP contribution in [0.1, 0.15) is 65.2 Å². The van der Waals surface area contributed by atoms with Gasteiger partial charge < -0.3 is 9.59 Å². The molecule has 0 spiro atoms. The van der Waals surface area contributed by atoms with Crippen LogP contribution in [0, 0.1) is 0 Å². The molecule has 3 heteroatoms. The van der Waals surface area contributed by atoms with Gasteiger partial charge in [-0.25, -0.2) is 0 Å². The molecule has 0 aliphatic heterocycles. The third kappa shape index (κ3) is 13.0. The molecule has 0 radical (unpaired) electrons. The first-order valence-corrected chi connectivity index (χ1v) is 8.45. The highest BCUT2D eigenvalue weighted by atomic mass is 35.5. The van der Waals surface area contributed by atoms with E-state index in [4.69, 9.17) is 11.6 Å². The van der Waals surface area contributed by atoms with Crippen molar-refractivity contribution in [2.45, 2.75) is 76.7 Å². The van der Waals surface area contributed by atoms with Crippen molar-refractivity contribution in [1.29, 1.82) is 0 Å². The number of hydrogen-bond acceptors (Lipinski definition) is 1. The molecular formula is C16H35ClNO+. The summed E-state index contributed by atoms with van der Waals surface area (Å²) in [6, 6.07) is 0. The summed E-state index contributed by atoms with van der Waals surface area (Å²) in [7, 11) is 4.34. The third-order valence-electron chi connectivity index (χ3n) is 3.68. The molecule has 0 rings (SSSR count). The van der Waals surface area contributed by atoms with Crippen molar-refractivity contribution >= 4 is 11.6 Å². The standard InChI is InChI=1S/C16H35ClNO/c1-5-6-7-8-9-10-11-16(17)12-13-18(3,4)14-15(2)19/h15-16,19H,5-14H2,1-4H3/q+1. The fraction of sp³-hybridized carbons (Fsp3) is 1.00. The predicted molar refractivity (Wildman–Crippen MR) is 85.8 cm³/mol. The lowest BCUT2D eigenvalue weighted by molar-refractivity contribution is -0.893. The number of likely N-dealkylation sites (N-methyl/N-ethyl adjacent to an activating group) is 1.